The molecule has 1 saturated heterocycles. The second-order valence-electron chi connectivity index (χ2n) is 3.87. The number of hydrogen-bond donors (Lipinski definition) is 0. The maximum Gasteiger partial charge on any atom is 0.0351 e. The van der Waals surface area contributed by atoms with Gasteiger partial charge in [0.1, 0.15) is 0 Å². The first-order valence-electron chi connectivity index (χ1n) is 4.70. The number of halogens is 1. The summed E-state index contributed by atoms with van der Waals surface area (Å²) in [7, 11) is 0. The summed E-state index contributed by atoms with van der Waals surface area (Å²) in [6, 6.07) is 0.896. The van der Waals surface area contributed by atoms with E-state index in [-0.39, 0.29) is 0 Å². The summed E-state index contributed by atoms with van der Waals surface area (Å²) in [5, 5.41) is 0. The lowest BCUT2D eigenvalue weighted by molar-refractivity contribution is 0.258. The Balaban J connectivity index is 1.92. The van der Waals surface area contributed by atoms with Gasteiger partial charge in [0.2, 0.25) is 0 Å². The lowest BCUT2D eigenvalue weighted by Crippen LogP contribution is -2.30. The molecule has 2 aliphatic rings. The molecule has 64 valence electrons. The van der Waals surface area contributed by atoms with Crippen molar-refractivity contribution in [2.45, 2.75) is 31.7 Å². The van der Waals surface area contributed by atoms with E-state index in [9.17, 15) is 0 Å². The summed E-state index contributed by atoms with van der Waals surface area (Å²) >= 11 is 5.73. The molecule has 0 radical (unpaired) electrons. The van der Waals surface area contributed by atoms with Crippen LogP contribution in [0.25, 0.3) is 0 Å². The minimum atomic E-state index is 0.809. The van der Waals surface area contributed by atoms with Gasteiger partial charge in [-0.25, -0.2) is 0 Å². The molecule has 0 spiro atoms. The zero-order valence-electron chi connectivity index (χ0n) is 6.93. The third-order valence-corrected chi connectivity index (χ3v) is 3.30. The standard InChI is InChI=1S/C9H16ClN/c10-4-5-11-7-8-2-1-3-9(11)6-8/h8-9H,1-7H2. The van der Waals surface area contributed by atoms with Crippen molar-refractivity contribution in [3.8, 4) is 0 Å². The molecule has 1 aliphatic heterocycles. The van der Waals surface area contributed by atoms with Gasteiger partial charge in [0, 0.05) is 25.0 Å². The molecule has 2 atom stereocenters. The van der Waals surface area contributed by atoms with E-state index in [2.05, 4.69) is 4.90 Å². The highest BCUT2D eigenvalue weighted by atomic mass is 35.5. The first-order chi connectivity index (χ1) is 5.40. The Morgan fingerprint density at radius 3 is 3.00 bits per heavy atom. The fraction of sp³-hybridized carbons (Fsp3) is 1.00. The van der Waals surface area contributed by atoms with Gasteiger partial charge in [-0.2, -0.15) is 0 Å². The van der Waals surface area contributed by atoms with E-state index in [1.165, 1.54) is 32.2 Å². The van der Waals surface area contributed by atoms with Crippen LogP contribution in [0, 0.1) is 5.92 Å². The van der Waals surface area contributed by atoms with Crippen molar-refractivity contribution in [2.24, 2.45) is 5.92 Å². The van der Waals surface area contributed by atoms with Crippen LogP contribution in [0.3, 0.4) is 0 Å². The Kier molecular flexibility index (Phi) is 2.38. The quantitative estimate of drug-likeness (QED) is 0.579. The third-order valence-electron chi connectivity index (χ3n) is 3.14. The maximum atomic E-state index is 5.73. The molecule has 0 amide bonds. The highest BCUT2D eigenvalue weighted by Crippen LogP contribution is 2.34. The van der Waals surface area contributed by atoms with Gasteiger partial charge >= 0.3 is 0 Å². The van der Waals surface area contributed by atoms with Crippen molar-refractivity contribution in [3.63, 3.8) is 0 Å². The first-order valence-corrected chi connectivity index (χ1v) is 5.23. The second-order valence-corrected chi connectivity index (χ2v) is 4.25. The van der Waals surface area contributed by atoms with Gasteiger partial charge in [0.25, 0.3) is 0 Å². The van der Waals surface area contributed by atoms with Gasteiger partial charge in [0.15, 0.2) is 0 Å². The van der Waals surface area contributed by atoms with Crippen LogP contribution in [0.5, 0.6) is 0 Å². The molecular weight excluding hydrogens is 158 g/mol. The zero-order valence-corrected chi connectivity index (χ0v) is 7.69. The molecule has 0 aromatic heterocycles. The van der Waals surface area contributed by atoms with Crippen LogP contribution >= 0.6 is 11.6 Å². The van der Waals surface area contributed by atoms with Crippen LogP contribution in [0.15, 0.2) is 0 Å². The molecule has 1 aliphatic carbocycles. The largest absolute Gasteiger partial charge is 0.299 e. The van der Waals surface area contributed by atoms with Crippen molar-refractivity contribution in [1.29, 1.82) is 0 Å². The van der Waals surface area contributed by atoms with Gasteiger partial charge in [-0.05, 0) is 25.2 Å². The van der Waals surface area contributed by atoms with Crippen molar-refractivity contribution in [3.05, 3.63) is 0 Å². The Morgan fingerprint density at radius 1 is 1.36 bits per heavy atom. The predicted molar refractivity (Wildman–Crippen MR) is 48.0 cm³/mol. The summed E-state index contributed by atoms with van der Waals surface area (Å²) in [6.07, 6.45) is 5.80. The van der Waals surface area contributed by atoms with Gasteiger partial charge in [0.05, 0.1) is 0 Å². The van der Waals surface area contributed by atoms with E-state index < -0.39 is 0 Å². The normalized spacial score (nSPS) is 37.9. The Morgan fingerprint density at radius 2 is 2.27 bits per heavy atom. The van der Waals surface area contributed by atoms with Crippen molar-refractivity contribution in [1.82, 2.24) is 4.90 Å². The highest BCUT2D eigenvalue weighted by molar-refractivity contribution is 6.18. The summed E-state index contributed by atoms with van der Waals surface area (Å²) < 4.78 is 0. The molecule has 0 aromatic rings. The number of rotatable bonds is 2. The molecule has 1 saturated carbocycles. The fourth-order valence-corrected chi connectivity index (χ4v) is 2.84. The number of nitrogens with zero attached hydrogens (tertiary/aromatic N) is 1. The molecule has 1 heterocycles. The topological polar surface area (TPSA) is 3.24 Å². The molecule has 2 bridgehead atoms. The van der Waals surface area contributed by atoms with E-state index in [4.69, 9.17) is 11.6 Å². The smallest absolute Gasteiger partial charge is 0.0351 e. The number of hydrogen-bond acceptors (Lipinski definition) is 1. The molecule has 1 nitrogen and oxygen atoms in total. The maximum absolute atomic E-state index is 5.73. The van der Waals surface area contributed by atoms with Crippen LogP contribution in [0.1, 0.15) is 25.7 Å². The minimum Gasteiger partial charge on any atom is -0.299 e. The monoisotopic (exact) mass is 173 g/mol. The van der Waals surface area contributed by atoms with Crippen molar-refractivity contribution >= 4 is 11.6 Å². The fourth-order valence-electron chi connectivity index (χ4n) is 2.62. The van der Waals surface area contributed by atoms with Crippen LogP contribution in [0.2, 0.25) is 0 Å². The van der Waals surface area contributed by atoms with E-state index in [1.807, 2.05) is 0 Å². The van der Waals surface area contributed by atoms with Gasteiger partial charge < -0.3 is 0 Å². The average Bonchev–Trinajstić information content (AvgIpc) is 2.29. The van der Waals surface area contributed by atoms with Crippen LogP contribution in [-0.4, -0.2) is 29.9 Å². The van der Waals surface area contributed by atoms with Crippen LogP contribution in [0.4, 0.5) is 0 Å². The molecule has 2 heteroatoms. The van der Waals surface area contributed by atoms with Gasteiger partial charge in [-0.15, -0.1) is 11.6 Å². The molecule has 11 heavy (non-hydrogen) atoms. The molecule has 2 rings (SSSR count). The molecule has 0 N–H and O–H groups in total. The lowest BCUT2D eigenvalue weighted by atomic mass is 9.90. The highest BCUT2D eigenvalue weighted by Gasteiger charge is 2.34. The van der Waals surface area contributed by atoms with E-state index in [1.54, 1.807) is 0 Å². The second kappa shape index (κ2) is 3.32. The Bertz CT molecular complexity index is 138. The molecule has 2 fully saturated rings. The minimum absolute atomic E-state index is 0.809. The summed E-state index contributed by atoms with van der Waals surface area (Å²) in [6.45, 7) is 2.44. The third kappa shape index (κ3) is 1.54. The molecular formula is C9H16ClN. The van der Waals surface area contributed by atoms with Gasteiger partial charge in [-0.3, -0.25) is 4.90 Å². The van der Waals surface area contributed by atoms with Crippen molar-refractivity contribution in [2.75, 3.05) is 19.0 Å². The van der Waals surface area contributed by atoms with E-state index >= 15 is 0 Å². The predicted octanol–water partition coefficient (Wildman–Crippen LogP) is 2.10. The van der Waals surface area contributed by atoms with Gasteiger partial charge in [-0.1, -0.05) is 6.42 Å². The Hall–Kier alpha value is 0.250. The Labute approximate surface area is 73.7 Å². The summed E-state index contributed by atoms with van der Waals surface area (Å²) in [4.78, 5) is 2.59. The van der Waals surface area contributed by atoms with E-state index in [0.29, 0.717) is 0 Å². The molecule has 2 unspecified atom stereocenters. The first kappa shape index (κ1) is 7.88. The number of alkyl halides is 1. The number of fused-ring (bicyclic) bond motifs is 2. The van der Waals surface area contributed by atoms with Crippen LogP contribution in [-0.2, 0) is 0 Å². The summed E-state index contributed by atoms with van der Waals surface area (Å²) in [5.41, 5.74) is 0. The number of likely N-dealkylation sites (tertiary alicyclic amines) is 1. The zero-order chi connectivity index (χ0) is 7.68. The van der Waals surface area contributed by atoms with Crippen LogP contribution < -0.4 is 0 Å². The lowest BCUT2D eigenvalue weighted by Gasteiger charge is -2.23. The SMILES string of the molecule is ClCCN1CC2CCCC1C2. The van der Waals surface area contributed by atoms with Crippen molar-refractivity contribution < 1.29 is 0 Å². The summed E-state index contributed by atoms with van der Waals surface area (Å²) in [5.74, 6) is 1.82. The average molecular weight is 174 g/mol. The molecule has 0 aromatic carbocycles. The van der Waals surface area contributed by atoms with E-state index in [0.717, 1.165) is 24.4 Å².